The third-order valence-corrected chi connectivity index (χ3v) is 7.45. The van der Waals surface area contributed by atoms with Gasteiger partial charge in [-0.1, -0.05) is 29.8 Å². The number of ether oxygens (including phenoxy) is 2. The van der Waals surface area contributed by atoms with Crippen molar-refractivity contribution in [3.63, 3.8) is 0 Å². The number of benzene rings is 2. The fourth-order valence-corrected chi connectivity index (χ4v) is 4.91. The normalized spacial score (nSPS) is 17.9. The predicted molar refractivity (Wildman–Crippen MR) is 143 cm³/mol. The molecule has 2 heterocycles. The van der Waals surface area contributed by atoms with E-state index in [1.54, 1.807) is 12.1 Å². The second kappa shape index (κ2) is 10.8. The van der Waals surface area contributed by atoms with Gasteiger partial charge in [0.1, 0.15) is 17.3 Å². The monoisotopic (exact) mass is 577 g/mol. The van der Waals surface area contributed by atoms with Crippen LogP contribution in [0.2, 0.25) is 5.02 Å². The van der Waals surface area contributed by atoms with E-state index in [9.17, 15) is 27.9 Å². The molecule has 0 spiro atoms. The Morgan fingerprint density at radius 2 is 1.82 bits per heavy atom. The number of aromatic nitrogens is 2. The molecule has 3 aromatic rings. The molecule has 1 unspecified atom stereocenters. The number of nitrogens with zero attached hydrogens (tertiary/aromatic N) is 3. The van der Waals surface area contributed by atoms with Gasteiger partial charge in [0, 0.05) is 30.6 Å². The molecule has 1 saturated carbocycles. The second-order valence-corrected chi connectivity index (χ2v) is 10.7. The van der Waals surface area contributed by atoms with Crippen LogP contribution in [0.1, 0.15) is 36.8 Å². The Balaban J connectivity index is 1.53. The van der Waals surface area contributed by atoms with Gasteiger partial charge in [0.05, 0.1) is 11.2 Å². The van der Waals surface area contributed by atoms with Crippen LogP contribution in [0.25, 0.3) is 0 Å². The number of hydrogen-bond donors (Lipinski definition) is 1. The highest BCUT2D eigenvalue weighted by atomic mass is 35.5. The summed E-state index contributed by atoms with van der Waals surface area (Å²) in [5.74, 6) is -0.497. The topological polar surface area (TPSA) is 95.0 Å². The first kappa shape index (κ1) is 28.0. The van der Waals surface area contributed by atoms with Crippen LogP contribution >= 0.6 is 11.6 Å². The van der Waals surface area contributed by atoms with Gasteiger partial charge in [-0.05, 0) is 68.4 Å². The summed E-state index contributed by atoms with van der Waals surface area (Å²) in [5, 5.41) is 10.8. The maximum atomic E-state index is 13.4. The van der Waals surface area contributed by atoms with E-state index in [1.165, 1.54) is 23.7 Å². The van der Waals surface area contributed by atoms with Gasteiger partial charge in [-0.15, -0.1) is 13.2 Å². The number of rotatable bonds is 7. The van der Waals surface area contributed by atoms with Crippen molar-refractivity contribution in [3.05, 3.63) is 85.5 Å². The first-order valence-electron chi connectivity index (χ1n) is 12.8. The predicted octanol–water partition coefficient (Wildman–Crippen LogP) is 4.93. The molecule has 0 radical (unpaired) electrons. The van der Waals surface area contributed by atoms with Crippen molar-refractivity contribution in [2.24, 2.45) is 18.0 Å². The van der Waals surface area contributed by atoms with Crippen molar-refractivity contribution in [2.75, 3.05) is 0 Å². The first-order valence-corrected chi connectivity index (χ1v) is 13.2. The van der Waals surface area contributed by atoms with Gasteiger partial charge in [-0.2, -0.15) is 4.99 Å². The minimum atomic E-state index is -4.87. The van der Waals surface area contributed by atoms with Crippen molar-refractivity contribution in [2.45, 2.75) is 57.0 Å². The van der Waals surface area contributed by atoms with Gasteiger partial charge in [0.15, 0.2) is 5.90 Å². The Bertz CT molecular complexity index is 1560. The summed E-state index contributed by atoms with van der Waals surface area (Å²) in [7, 11) is 1.50. The van der Waals surface area contributed by atoms with E-state index in [-0.39, 0.29) is 29.9 Å². The fourth-order valence-electron chi connectivity index (χ4n) is 4.79. The third-order valence-electron chi connectivity index (χ3n) is 7.20. The lowest BCUT2D eigenvalue weighted by atomic mass is 9.93. The van der Waals surface area contributed by atoms with Gasteiger partial charge in [0.2, 0.25) is 0 Å². The van der Waals surface area contributed by atoms with Crippen LogP contribution in [0.3, 0.4) is 0 Å². The van der Waals surface area contributed by atoms with E-state index in [0.717, 1.165) is 22.3 Å². The van der Waals surface area contributed by atoms with Gasteiger partial charge < -0.3 is 14.6 Å². The average molecular weight is 578 g/mol. The number of aliphatic hydroxyl groups is 1. The summed E-state index contributed by atoms with van der Waals surface area (Å²) in [5.41, 5.74) is -0.635. The standard InChI is InChI=1S/C28H27ClF3N3O5/c1-34-23-22(25(36)35(26(34)37)14-13-27(38)11-12-27)10-7-18(15-17-5-8-19(29)9-6-17)24(33-23)39-20-3-2-4-21(16-20)40-28(30,31)32/h2-6,8-9,16,18,38H,7,10-15H2,1H3. The molecule has 1 N–H and O–H groups in total. The fraction of sp³-hybridized carbons (Fsp3) is 0.393. The van der Waals surface area contributed by atoms with Gasteiger partial charge >= 0.3 is 12.1 Å². The zero-order chi connectivity index (χ0) is 28.7. The van der Waals surface area contributed by atoms with Crippen molar-refractivity contribution in [1.82, 2.24) is 9.13 Å². The summed E-state index contributed by atoms with van der Waals surface area (Å²) in [6, 6.07) is 12.3. The van der Waals surface area contributed by atoms with E-state index < -0.39 is 29.0 Å². The lowest BCUT2D eigenvalue weighted by Crippen LogP contribution is -2.41. The maximum Gasteiger partial charge on any atom is 0.573 e. The summed E-state index contributed by atoms with van der Waals surface area (Å²) < 4.78 is 50.8. The molecule has 8 nitrogen and oxygen atoms in total. The smallest absolute Gasteiger partial charge is 0.442 e. The summed E-state index contributed by atoms with van der Waals surface area (Å²) >= 11 is 6.03. The molecule has 5 rings (SSSR count). The average Bonchev–Trinajstić information content (AvgIpc) is 3.65. The number of hydrogen-bond acceptors (Lipinski definition) is 6. The molecule has 0 bridgehead atoms. The SMILES string of the molecule is Cn1c2c(c(=O)n(CCC3(O)CC3)c1=O)CCC(Cc1ccc(Cl)cc1)C(Oc1cccc(OC(F)(F)F)c1)=N2. The van der Waals surface area contributed by atoms with Crippen LogP contribution in [-0.4, -0.2) is 32.1 Å². The van der Waals surface area contributed by atoms with Gasteiger partial charge in [-0.3, -0.25) is 13.9 Å². The van der Waals surface area contributed by atoms with Crippen LogP contribution in [0.4, 0.5) is 19.0 Å². The quantitative estimate of drug-likeness (QED) is 0.430. The van der Waals surface area contributed by atoms with Crippen molar-refractivity contribution in [1.29, 1.82) is 0 Å². The van der Waals surface area contributed by atoms with E-state index >= 15 is 0 Å². The summed E-state index contributed by atoms with van der Waals surface area (Å²) in [6.07, 6.45) is -2.14. The Kier molecular flexibility index (Phi) is 7.54. The molecule has 1 atom stereocenters. The Morgan fingerprint density at radius 3 is 2.50 bits per heavy atom. The lowest BCUT2D eigenvalue weighted by molar-refractivity contribution is -0.274. The highest BCUT2D eigenvalue weighted by Gasteiger charge is 2.40. The molecule has 2 aliphatic rings. The van der Waals surface area contributed by atoms with Crippen LogP contribution in [0, 0.1) is 5.92 Å². The van der Waals surface area contributed by atoms with E-state index in [2.05, 4.69) is 9.73 Å². The highest BCUT2D eigenvalue weighted by molar-refractivity contribution is 6.30. The molecule has 1 fully saturated rings. The molecule has 212 valence electrons. The summed E-state index contributed by atoms with van der Waals surface area (Å²) in [6.45, 7) is 0.0859. The Hall–Kier alpha value is -3.57. The van der Waals surface area contributed by atoms with Gasteiger partial charge in [-0.25, -0.2) is 4.79 Å². The zero-order valence-corrected chi connectivity index (χ0v) is 22.3. The number of aliphatic imine (C=N–C) groups is 1. The van der Waals surface area contributed by atoms with Crippen molar-refractivity contribution >= 4 is 23.3 Å². The molecule has 1 aliphatic heterocycles. The molecule has 40 heavy (non-hydrogen) atoms. The van der Waals surface area contributed by atoms with Crippen LogP contribution in [-0.2, 0) is 26.4 Å². The zero-order valence-electron chi connectivity index (χ0n) is 21.6. The Labute approximate surface area is 232 Å². The highest BCUT2D eigenvalue weighted by Crippen LogP contribution is 2.38. The Morgan fingerprint density at radius 1 is 1.12 bits per heavy atom. The molecule has 1 aromatic heterocycles. The lowest BCUT2D eigenvalue weighted by Gasteiger charge is -2.19. The number of halogens is 4. The van der Waals surface area contributed by atoms with Crippen LogP contribution in [0.15, 0.2) is 63.1 Å². The molecule has 0 saturated heterocycles. The minimum Gasteiger partial charge on any atom is -0.442 e. The third kappa shape index (κ3) is 6.42. The van der Waals surface area contributed by atoms with Crippen molar-refractivity contribution < 1.29 is 27.8 Å². The molecule has 12 heteroatoms. The van der Waals surface area contributed by atoms with Crippen LogP contribution in [0.5, 0.6) is 11.5 Å². The van der Waals surface area contributed by atoms with Crippen molar-refractivity contribution in [3.8, 4) is 11.5 Å². The van der Waals surface area contributed by atoms with E-state index in [1.807, 2.05) is 12.1 Å². The van der Waals surface area contributed by atoms with E-state index in [4.69, 9.17) is 16.3 Å². The van der Waals surface area contributed by atoms with Gasteiger partial charge in [0.25, 0.3) is 5.56 Å². The molecule has 2 aromatic carbocycles. The summed E-state index contributed by atoms with van der Waals surface area (Å²) in [4.78, 5) is 31.2. The minimum absolute atomic E-state index is 0.0566. The number of alkyl halides is 3. The molecule has 1 aliphatic carbocycles. The van der Waals surface area contributed by atoms with E-state index in [0.29, 0.717) is 49.1 Å². The molecular formula is C28H27ClF3N3O5. The second-order valence-electron chi connectivity index (χ2n) is 10.2. The van der Waals surface area contributed by atoms with Crippen LogP contribution < -0.4 is 20.7 Å². The maximum absolute atomic E-state index is 13.4. The molecular weight excluding hydrogens is 551 g/mol. The first-order chi connectivity index (χ1) is 18.9. The largest absolute Gasteiger partial charge is 0.573 e. The number of fused-ring (bicyclic) bond motifs is 1. The molecule has 0 amide bonds.